The fraction of sp³-hybridized carbons (Fsp3) is 0.270. The largest absolute Gasteiger partial charge is 0.481 e. The Hall–Kier alpha value is -5.16. The predicted octanol–water partition coefficient (Wildman–Crippen LogP) is 7.29. The third-order valence-electron chi connectivity index (χ3n) is 8.40. The average Bonchev–Trinajstić information content (AvgIpc) is 3.08. The van der Waals surface area contributed by atoms with E-state index < -0.39 is 27.9 Å². The predicted molar refractivity (Wildman–Crippen MR) is 187 cm³/mol. The molecule has 4 aromatic rings. The van der Waals surface area contributed by atoms with Crippen molar-refractivity contribution < 1.29 is 27.9 Å². The number of nitrogens with one attached hydrogen (secondary N) is 3. The molecule has 250 valence electrons. The van der Waals surface area contributed by atoms with Crippen LogP contribution in [0.2, 0.25) is 0 Å². The molecule has 0 spiro atoms. The number of hydrogen-bond acceptors (Lipinski definition) is 5. The lowest BCUT2D eigenvalue weighted by Crippen LogP contribution is -2.35. The summed E-state index contributed by atoms with van der Waals surface area (Å²) in [6, 6.07) is 27.4. The van der Waals surface area contributed by atoms with Crippen LogP contribution in [0.15, 0.2) is 102 Å². The van der Waals surface area contributed by atoms with Crippen LogP contribution in [-0.2, 0) is 21.4 Å². The number of nitrogens with zero attached hydrogens (tertiary/aromatic N) is 1. The Labute approximate surface area is 281 Å². The maximum atomic E-state index is 14.0. The van der Waals surface area contributed by atoms with Crippen LogP contribution in [0.3, 0.4) is 0 Å². The van der Waals surface area contributed by atoms with Gasteiger partial charge in [-0.2, -0.15) is 0 Å². The topological polar surface area (TPSA) is 145 Å². The van der Waals surface area contributed by atoms with E-state index in [9.17, 15) is 22.8 Å². The molecule has 5 rings (SSSR count). The fourth-order valence-electron chi connectivity index (χ4n) is 5.88. The summed E-state index contributed by atoms with van der Waals surface area (Å²) in [6.45, 7) is 2.01. The van der Waals surface area contributed by atoms with Gasteiger partial charge in [-0.25, -0.2) is 13.2 Å². The van der Waals surface area contributed by atoms with Crippen LogP contribution >= 0.6 is 0 Å². The molecule has 1 aliphatic rings. The maximum Gasteiger partial charge on any atom is 0.326 e. The number of carbonyl (C=O) groups is 3. The molecule has 0 heterocycles. The lowest BCUT2D eigenvalue weighted by atomic mass is 9.84. The molecule has 1 aliphatic carbocycles. The van der Waals surface area contributed by atoms with E-state index in [2.05, 4.69) is 27.5 Å². The minimum atomic E-state index is -4.05. The number of urea groups is 1. The van der Waals surface area contributed by atoms with Crippen molar-refractivity contribution in [3.63, 3.8) is 0 Å². The number of hydrogen-bond donors (Lipinski definition) is 4. The van der Waals surface area contributed by atoms with Gasteiger partial charge >= 0.3 is 12.0 Å². The van der Waals surface area contributed by atoms with Gasteiger partial charge in [-0.15, -0.1) is 0 Å². The molecule has 0 saturated heterocycles. The molecule has 11 heteroatoms. The summed E-state index contributed by atoms with van der Waals surface area (Å²) in [7, 11) is -4.05. The Morgan fingerprint density at radius 1 is 0.854 bits per heavy atom. The first-order chi connectivity index (χ1) is 23.1. The molecule has 1 fully saturated rings. The molecule has 4 N–H and O–H groups in total. The third-order valence-corrected chi connectivity index (χ3v) is 9.84. The number of carbonyl (C=O) groups excluding carboxylic acids is 2. The van der Waals surface area contributed by atoms with Crippen molar-refractivity contribution in [2.45, 2.75) is 62.8 Å². The maximum absolute atomic E-state index is 14.0. The van der Waals surface area contributed by atoms with Crippen LogP contribution in [0.5, 0.6) is 0 Å². The second-order valence-corrected chi connectivity index (χ2v) is 13.7. The van der Waals surface area contributed by atoms with Gasteiger partial charge in [0.15, 0.2) is 0 Å². The zero-order chi connectivity index (χ0) is 34.1. The Kier molecular flexibility index (Phi) is 11.1. The summed E-state index contributed by atoms with van der Waals surface area (Å²) in [4.78, 5) is 38.7. The first kappa shape index (κ1) is 34.2. The summed E-state index contributed by atoms with van der Waals surface area (Å²) in [5.41, 5.74) is 4.38. The number of rotatable bonds is 12. The molecule has 0 atom stereocenters. The van der Waals surface area contributed by atoms with Gasteiger partial charge < -0.3 is 15.7 Å². The summed E-state index contributed by atoms with van der Waals surface area (Å²) < 4.78 is 29.6. The highest BCUT2D eigenvalue weighted by atomic mass is 32.2. The molecule has 10 nitrogen and oxygen atoms in total. The number of carboxylic acid groups (broad SMARTS) is 1. The molecule has 4 aromatic carbocycles. The molecule has 1 saturated carbocycles. The molecule has 0 aliphatic heterocycles. The second-order valence-electron chi connectivity index (χ2n) is 12.0. The summed E-state index contributed by atoms with van der Waals surface area (Å²) in [5.74, 6) is -0.909. The molecule has 3 amide bonds. The van der Waals surface area contributed by atoms with E-state index in [1.54, 1.807) is 60.7 Å². The van der Waals surface area contributed by atoms with Crippen molar-refractivity contribution in [3.8, 4) is 0 Å². The van der Waals surface area contributed by atoms with Crippen molar-refractivity contribution in [2.75, 3.05) is 21.5 Å². The molecule has 48 heavy (non-hydrogen) atoms. The van der Waals surface area contributed by atoms with Gasteiger partial charge in [0.25, 0.3) is 15.9 Å². The molecular weight excluding hydrogens is 628 g/mol. The van der Waals surface area contributed by atoms with Crippen LogP contribution in [-0.4, -0.2) is 38.0 Å². The van der Waals surface area contributed by atoms with Crippen LogP contribution < -0.4 is 20.3 Å². The Balaban J connectivity index is 1.39. The molecule has 0 aromatic heterocycles. The van der Waals surface area contributed by atoms with E-state index in [0.717, 1.165) is 24.0 Å². The SMILES string of the molecule is Cc1cccc(NS(=O)(=O)c2ccccc2NC(=O)N(Cc2ccc(C(=O)NCCC(=O)O)cc2)c2ccc(C3CCCCC3)cc2)c1. The Bertz CT molecular complexity index is 1850. The fourth-order valence-corrected chi connectivity index (χ4v) is 7.09. The van der Waals surface area contributed by atoms with Crippen LogP contribution in [0.1, 0.15) is 71.5 Å². The highest BCUT2D eigenvalue weighted by Crippen LogP contribution is 2.34. The van der Waals surface area contributed by atoms with E-state index in [1.165, 1.54) is 35.8 Å². The first-order valence-electron chi connectivity index (χ1n) is 16.0. The number of carboxylic acids is 1. The number of amides is 3. The van der Waals surface area contributed by atoms with E-state index in [0.29, 0.717) is 22.9 Å². The van der Waals surface area contributed by atoms with Crippen LogP contribution in [0.4, 0.5) is 21.9 Å². The van der Waals surface area contributed by atoms with E-state index in [1.807, 2.05) is 25.1 Å². The lowest BCUT2D eigenvalue weighted by molar-refractivity contribution is -0.136. The van der Waals surface area contributed by atoms with Crippen molar-refractivity contribution >= 4 is 45.0 Å². The van der Waals surface area contributed by atoms with E-state index in [-0.39, 0.29) is 30.1 Å². The van der Waals surface area contributed by atoms with Crippen LogP contribution in [0, 0.1) is 6.92 Å². The number of sulfonamides is 1. The standard InChI is InChI=1S/C37H40N4O6S/c1-26-8-7-11-31(24-26)40-48(46,47)34-13-6-5-12-33(34)39-37(45)41(32-20-18-29(19-21-32)28-9-3-2-4-10-28)25-27-14-16-30(17-15-27)36(44)38-23-22-35(42)43/h5-8,11-21,24,28,40H,2-4,9-10,22-23,25H2,1H3,(H,38,44)(H,39,45)(H,42,43). The second kappa shape index (κ2) is 15.6. The Morgan fingerprint density at radius 2 is 1.56 bits per heavy atom. The number of aryl methyl sites for hydroxylation is 1. The molecule has 0 radical (unpaired) electrons. The monoisotopic (exact) mass is 668 g/mol. The van der Waals surface area contributed by atoms with Gasteiger partial charge in [0.1, 0.15) is 4.90 Å². The summed E-state index contributed by atoms with van der Waals surface area (Å²) in [5, 5.41) is 14.2. The summed E-state index contributed by atoms with van der Waals surface area (Å²) >= 11 is 0. The molecule has 0 unspecified atom stereocenters. The number of para-hydroxylation sites is 1. The highest BCUT2D eigenvalue weighted by Gasteiger charge is 2.24. The van der Waals surface area contributed by atoms with Gasteiger partial charge in [0, 0.05) is 23.5 Å². The van der Waals surface area contributed by atoms with E-state index >= 15 is 0 Å². The average molecular weight is 669 g/mol. The Morgan fingerprint density at radius 3 is 2.25 bits per heavy atom. The molecular formula is C37H40N4O6S. The van der Waals surface area contributed by atoms with Crippen molar-refractivity contribution in [1.82, 2.24) is 5.32 Å². The normalized spacial score (nSPS) is 13.4. The first-order valence-corrected chi connectivity index (χ1v) is 17.5. The lowest BCUT2D eigenvalue weighted by Gasteiger charge is -2.26. The van der Waals surface area contributed by atoms with Gasteiger partial charge in [-0.3, -0.25) is 19.2 Å². The van der Waals surface area contributed by atoms with Gasteiger partial charge in [-0.05, 0) is 90.9 Å². The van der Waals surface area contributed by atoms with E-state index in [4.69, 9.17) is 5.11 Å². The number of benzene rings is 4. The minimum absolute atomic E-state index is 0.0123. The smallest absolute Gasteiger partial charge is 0.326 e. The van der Waals surface area contributed by atoms with Crippen molar-refractivity contribution in [3.05, 3.63) is 119 Å². The van der Waals surface area contributed by atoms with Crippen LogP contribution in [0.25, 0.3) is 0 Å². The van der Waals surface area contributed by atoms with Crippen molar-refractivity contribution in [2.24, 2.45) is 0 Å². The highest BCUT2D eigenvalue weighted by molar-refractivity contribution is 7.92. The zero-order valence-electron chi connectivity index (χ0n) is 26.8. The third kappa shape index (κ3) is 9.01. The summed E-state index contributed by atoms with van der Waals surface area (Å²) in [6.07, 6.45) is 5.76. The van der Waals surface area contributed by atoms with Gasteiger partial charge in [0.05, 0.1) is 18.7 Å². The zero-order valence-corrected chi connectivity index (χ0v) is 27.6. The number of anilines is 3. The van der Waals surface area contributed by atoms with Gasteiger partial charge in [-0.1, -0.05) is 67.8 Å². The van der Waals surface area contributed by atoms with Crippen molar-refractivity contribution in [1.29, 1.82) is 0 Å². The molecule has 0 bridgehead atoms. The van der Waals surface area contributed by atoms with Gasteiger partial charge in [0.2, 0.25) is 0 Å². The quantitative estimate of drug-likeness (QED) is 0.125. The minimum Gasteiger partial charge on any atom is -0.481 e. The number of aliphatic carboxylic acids is 1.